The minimum absolute atomic E-state index is 0.0269. The molecule has 0 saturated heterocycles. The van der Waals surface area contributed by atoms with Crippen molar-refractivity contribution in [3.63, 3.8) is 0 Å². The molecule has 1 aliphatic rings. The van der Waals surface area contributed by atoms with Gasteiger partial charge >= 0.3 is 5.97 Å². The van der Waals surface area contributed by atoms with Gasteiger partial charge in [0.05, 0.1) is 17.6 Å². The molecular weight excluding hydrogens is 376 g/mol. The molecular formula is C25H26N2O3. The minimum atomic E-state index is -0.709. The standard InChI is InChI=1S/C25H26N2O3/c1-16-4-3-5-17(12-16)13-24-22(15-26)21-14-20(10-11-23(21)27(24)2)30-19-8-6-18(7-9-19)25(28)29/h3-5,10-12,14,18-19H,6-9,13H2,1-2H3,(H,28,29). The third kappa shape index (κ3) is 3.91. The number of nitrogens with zero attached hydrogens (tertiary/aromatic N) is 2. The summed E-state index contributed by atoms with van der Waals surface area (Å²) in [6, 6.07) is 16.7. The topological polar surface area (TPSA) is 75.2 Å². The molecule has 1 fully saturated rings. The number of hydrogen-bond acceptors (Lipinski definition) is 3. The Hall–Kier alpha value is -3.26. The predicted octanol–water partition coefficient (Wildman–Crippen LogP) is 4.97. The molecule has 1 N–H and O–H groups in total. The van der Waals surface area contributed by atoms with Crippen LogP contribution in [0.2, 0.25) is 0 Å². The average Bonchev–Trinajstić information content (AvgIpc) is 2.99. The normalized spacial score (nSPS) is 18.8. The lowest BCUT2D eigenvalue weighted by atomic mass is 9.87. The van der Waals surface area contributed by atoms with E-state index in [2.05, 4.69) is 35.8 Å². The molecule has 154 valence electrons. The Bertz CT molecular complexity index is 1130. The fourth-order valence-electron chi connectivity index (χ4n) is 4.52. The number of ether oxygens (including phenoxy) is 1. The molecule has 3 aromatic rings. The Morgan fingerprint density at radius 1 is 1.20 bits per heavy atom. The quantitative estimate of drug-likeness (QED) is 0.654. The van der Waals surface area contributed by atoms with Crippen molar-refractivity contribution in [1.29, 1.82) is 5.26 Å². The Morgan fingerprint density at radius 3 is 2.63 bits per heavy atom. The van der Waals surface area contributed by atoms with Gasteiger partial charge in [-0.25, -0.2) is 0 Å². The molecule has 2 aromatic carbocycles. The predicted molar refractivity (Wildman–Crippen MR) is 116 cm³/mol. The molecule has 1 aliphatic carbocycles. The van der Waals surface area contributed by atoms with Crippen LogP contribution in [-0.2, 0) is 18.3 Å². The Labute approximate surface area is 176 Å². The number of rotatable bonds is 5. The molecule has 1 aromatic heterocycles. The number of benzene rings is 2. The first-order valence-corrected chi connectivity index (χ1v) is 10.4. The maximum absolute atomic E-state index is 11.1. The largest absolute Gasteiger partial charge is 0.490 e. The molecule has 0 spiro atoms. The fourth-order valence-corrected chi connectivity index (χ4v) is 4.52. The molecule has 5 heteroatoms. The van der Waals surface area contributed by atoms with Crippen LogP contribution >= 0.6 is 0 Å². The lowest BCUT2D eigenvalue weighted by molar-refractivity contribution is -0.143. The summed E-state index contributed by atoms with van der Waals surface area (Å²) in [5, 5.41) is 20.0. The maximum atomic E-state index is 11.1. The zero-order valence-electron chi connectivity index (χ0n) is 17.4. The molecule has 1 saturated carbocycles. The van der Waals surface area contributed by atoms with Gasteiger partial charge in [-0.15, -0.1) is 0 Å². The number of aromatic nitrogens is 1. The smallest absolute Gasteiger partial charge is 0.306 e. The van der Waals surface area contributed by atoms with E-state index in [1.54, 1.807) is 0 Å². The molecule has 30 heavy (non-hydrogen) atoms. The van der Waals surface area contributed by atoms with Gasteiger partial charge < -0.3 is 14.4 Å². The molecule has 5 nitrogen and oxygen atoms in total. The Morgan fingerprint density at radius 2 is 1.97 bits per heavy atom. The monoisotopic (exact) mass is 402 g/mol. The molecule has 0 amide bonds. The lowest BCUT2D eigenvalue weighted by Crippen LogP contribution is -2.27. The van der Waals surface area contributed by atoms with E-state index in [-0.39, 0.29) is 12.0 Å². The van der Waals surface area contributed by atoms with Crippen molar-refractivity contribution in [2.75, 3.05) is 0 Å². The van der Waals surface area contributed by atoms with Crippen molar-refractivity contribution >= 4 is 16.9 Å². The van der Waals surface area contributed by atoms with E-state index >= 15 is 0 Å². The Kier molecular flexibility index (Phi) is 5.50. The van der Waals surface area contributed by atoms with E-state index in [1.165, 1.54) is 11.1 Å². The van der Waals surface area contributed by atoms with Crippen LogP contribution < -0.4 is 4.74 Å². The second-order valence-electron chi connectivity index (χ2n) is 8.27. The molecule has 0 bridgehead atoms. The number of fused-ring (bicyclic) bond motifs is 1. The minimum Gasteiger partial charge on any atom is -0.490 e. The van der Waals surface area contributed by atoms with Gasteiger partial charge in [0.1, 0.15) is 11.8 Å². The summed E-state index contributed by atoms with van der Waals surface area (Å²) < 4.78 is 8.26. The first-order valence-electron chi connectivity index (χ1n) is 10.4. The van der Waals surface area contributed by atoms with Gasteiger partial charge in [-0.1, -0.05) is 29.8 Å². The van der Waals surface area contributed by atoms with Gasteiger partial charge in [-0.2, -0.15) is 5.26 Å². The average molecular weight is 402 g/mol. The van der Waals surface area contributed by atoms with Crippen LogP contribution in [0.5, 0.6) is 5.75 Å². The van der Waals surface area contributed by atoms with Crippen LogP contribution in [0.3, 0.4) is 0 Å². The van der Waals surface area contributed by atoms with Crippen molar-refractivity contribution in [3.05, 3.63) is 64.8 Å². The number of carbonyl (C=O) groups is 1. The summed E-state index contributed by atoms with van der Waals surface area (Å²) in [7, 11) is 2.00. The first kappa shape index (κ1) is 20.0. The van der Waals surface area contributed by atoms with Gasteiger partial charge in [0.2, 0.25) is 0 Å². The van der Waals surface area contributed by atoms with Gasteiger partial charge in [0.25, 0.3) is 0 Å². The molecule has 0 unspecified atom stereocenters. The molecule has 0 atom stereocenters. The van der Waals surface area contributed by atoms with E-state index < -0.39 is 5.97 Å². The van der Waals surface area contributed by atoms with E-state index in [0.717, 1.165) is 35.2 Å². The summed E-state index contributed by atoms with van der Waals surface area (Å²) in [6.07, 6.45) is 3.51. The zero-order chi connectivity index (χ0) is 21.3. The van der Waals surface area contributed by atoms with Crippen LogP contribution in [0.15, 0.2) is 42.5 Å². The third-order valence-corrected chi connectivity index (χ3v) is 6.18. The summed E-state index contributed by atoms with van der Waals surface area (Å²) in [5.74, 6) is -0.222. The highest BCUT2D eigenvalue weighted by atomic mass is 16.5. The van der Waals surface area contributed by atoms with Gasteiger partial charge in [0.15, 0.2) is 0 Å². The number of aliphatic carboxylic acids is 1. The highest BCUT2D eigenvalue weighted by Gasteiger charge is 2.27. The van der Waals surface area contributed by atoms with Crippen LogP contribution in [-0.4, -0.2) is 21.7 Å². The molecule has 1 heterocycles. The summed E-state index contributed by atoms with van der Waals surface area (Å²) in [6.45, 7) is 2.07. The Balaban J connectivity index is 1.60. The second-order valence-corrected chi connectivity index (χ2v) is 8.27. The highest BCUT2D eigenvalue weighted by molar-refractivity contribution is 5.89. The summed E-state index contributed by atoms with van der Waals surface area (Å²) >= 11 is 0. The van der Waals surface area contributed by atoms with Crippen molar-refractivity contribution in [2.45, 2.75) is 45.1 Å². The lowest BCUT2D eigenvalue weighted by Gasteiger charge is -2.26. The number of nitriles is 1. The highest BCUT2D eigenvalue weighted by Crippen LogP contribution is 2.32. The van der Waals surface area contributed by atoms with E-state index in [0.29, 0.717) is 24.8 Å². The van der Waals surface area contributed by atoms with Crippen molar-refractivity contribution in [2.24, 2.45) is 13.0 Å². The van der Waals surface area contributed by atoms with Crippen LogP contribution in [0, 0.1) is 24.2 Å². The van der Waals surface area contributed by atoms with Crippen molar-refractivity contribution < 1.29 is 14.6 Å². The van der Waals surface area contributed by atoms with Crippen LogP contribution in [0.4, 0.5) is 0 Å². The fraction of sp³-hybridized carbons (Fsp3) is 0.360. The molecule has 0 aliphatic heterocycles. The molecule has 4 rings (SSSR count). The number of hydrogen-bond donors (Lipinski definition) is 1. The van der Waals surface area contributed by atoms with Crippen LogP contribution in [0.25, 0.3) is 10.9 Å². The number of aryl methyl sites for hydroxylation is 2. The van der Waals surface area contributed by atoms with E-state index in [9.17, 15) is 10.1 Å². The number of carboxylic acids is 1. The second kappa shape index (κ2) is 8.23. The van der Waals surface area contributed by atoms with E-state index in [1.807, 2.05) is 31.3 Å². The summed E-state index contributed by atoms with van der Waals surface area (Å²) in [4.78, 5) is 11.1. The van der Waals surface area contributed by atoms with Crippen molar-refractivity contribution in [1.82, 2.24) is 4.57 Å². The SMILES string of the molecule is Cc1cccc(Cc2c(C#N)c3cc(OC4CCC(C(=O)O)CC4)ccc3n2C)c1. The van der Waals surface area contributed by atoms with Gasteiger partial charge in [0, 0.05) is 30.1 Å². The van der Waals surface area contributed by atoms with Crippen LogP contribution in [0.1, 0.15) is 48.1 Å². The zero-order valence-corrected chi connectivity index (χ0v) is 17.4. The van der Waals surface area contributed by atoms with Gasteiger partial charge in [-0.3, -0.25) is 4.79 Å². The first-order chi connectivity index (χ1) is 14.5. The third-order valence-electron chi connectivity index (χ3n) is 6.18. The summed E-state index contributed by atoms with van der Waals surface area (Å²) in [5.41, 5.74) is 5.09. The number of carboxylic acid groups (broad SMARTS) is 1. The van der Waals surface area contributed by atoms with Crippen molar-refractivity contribution in [3.8, 4) is 11.8 Å². The van der Waals surface area contributed by atoms with Gasteiger partial charge in [-0.05, 0) is 56.4 Å². The van der Waals surface area contributed by atoms with E-state index in [4.69, 9.17) is 9.84 Å². The molecule has 0 radical (unpaired) electrons. The maximum Gasteiger partial charge on any atom is 0.306 e.